The van der Waals surface area contributed by atoms with E-state index < -0.39 is 23.3 Å². The number of carbonyl (C=O) groups excluding carboxylic acids is 5. The molecular weight excluding hydrogens is 1070 g/mol. The molecule has 0 atom stereocenters. The summed E-state index contributed by atoms with van der Waals surface area (Å²) in [7, 11) is 0. The van der Waals surface area contributed by atoms with E-state index in [0.29, 0.717) is 189 Å². The van der Waals surface area contributed by atoms with Gasteiger partial charge in [0.15, 0.2) is 5.13 Å². The number of piperidine rings is 1. The van der Waals surface area contributed by atoms with E-state index >= 15 is 0 Å². The Morgan fingerprint density at radius 1 is 0.575 bits per heavy atom. The molecule has 2 aromatic carbocycles. The average molecular weight is 1140 g/mol. The number of imide groups is 2. The number of aromatic nitrogens is 4. The van der Waals surface area contributed by atoms with Crippen molar-refractivity contribution < 1.29 is 85.7 Å². The van der Waals surface area contributed by atoms with Crippen molar-refractivity contribution in [2.75, 3.05) is 181 Å². The maximum atomic E-state index is 13.5. The number of nitrogens with zero attached hydrogens (tertiary/aromatic N) is 7. The zero-order valence-electron chi connectivity index (χ0n) is 45.2. The van der Waals surface area contributed by atoms with Gasteiger partial charge in [-0.15, -0.1) is 10.2 Å². The molecule has 0 saturated carbocycles. The Hall–Kier alpha value is -5.66. The Morgan fingerprint density at radius 3 is 1.52 bits per heavy atom. The van der Waals surface area contributed by atoms with Crippen molar-refractivity contribution in [2.45, 2.75) is 44.2 Å². The van der Waals surface area contributed by atoms with Crippen molar-refractivity contribution in [1.29, 1.82) is 0 Å². The predicted molar refractivity (Wildman–Crippen MR) is 287 cm³/mol. The first-order valence-electron chi connectivity index (χ1n) is 27.1. The zero-order valence-corrected chi connectivity index (χ0v) is 46.0. The molecule has 7 rings (SSSR count). The number of amides is 5. The maximum absolute atomic E-state index is 13.5. The second kappa shape index (κ2) is 35.3. The van der Waals surface area contributed by atoms with Crippen molar-refractivity contribution in [3.63, 3.8) is 0 Å². The SMILES string of the molecule is O=C(CCOCCOCCOCCOCCOCCOCCOCCOCCOCCOCCOCCOCCn1cc(-c2ccc3nc(N4CCC5(CC4)NC(=O)N(c4ccccc4)C5=O)sc3c2)nn1)ON1C(=O)CCC1=O. The van der Waals surface area contributed by atoms with Gasteiger partial charge in [-0.1, -0.05) is 40.8 Å². The Morgan fingerprint density at radius 2 is 1.04 bits per heavy atom. The fourth-order valence-electron chi connectivity index (χ4n) is 8.24. The molecule has 5 amide bonds. The molecule has 80 heavy (non-hydrogen) atoms. The highest BCUT2D eigenvalue weighted by Gasteiger charge is 2.53. The largest absolute Gasteiger partial charge is 0.378 e. The summed E-state index contributed by atoms with van der Waals surface area (Å²) >= 11 is 1.60. The van der Waals surface area contributed by atoms with Crippen LogP contribution in [0, 0.1) is 0 Å². The Kier molecular flexibility index (Phi) is 27.3. The molecule has 0 radical (unpaired) electrons. The molecule has 0 aliphatic carbocycles. The van der Waals surface area contributed by atoms with Crippen LogP contribution in [0.3, 0.4) is 0 Å². The second-order valence-electron chi connectivity index (χ2n) is 18.2. The highest BCUT2D eigenvalue weighted by atomic mass is 32.1. The van der Waals surface area contributed by atoms with Gasteiger partial charge in [-0.3, -0.25) is 14.4 Å². The molecule has 3 saturated heterocycles. The minimum absolute atomic E-state index is 0.0514. The van der Waals surface area contributed by atoms with E-state index in [9.17, 15) is 24.0 Å². The Balaban J connectivity index is 0.565. The summed E-state index contributed by atoms with van der Waals surface area (Å²) in [6, 6.07) is 14.7. The standard InChI is InChI=1S/C53H74N8O18S/c62-47-8-9-48(63)61(47)79-49(64)10-16-67-18-20-69-22-24-71-26-28-73-30-32-75-34-36-77-38-39-78-37-35-76-33-31-74-29-27-72-25-23-70-21-19-68-17-15-59-41-45(56-57-59)42-6-7-44-46(40-42)80-52(54-44)58-13-11-53(12-14-58)50(65)60(51(66)55-53)43-4-2-1-3-5-43/h1-7,40-41H,8-39H2,(H,55,66). The summed E-state index contributed by atoms with van der Waals surface area (Å²) in [5.41, 5.74) is 2.26. The molecule has 3 fully saturated rings. The summed E-state index contributed by atoms with van der Waals surface area (Å²) < 4.78 is 69.0. The average Bonchev–Trinajstić information content (AvgIpc) is 4.26. The summed E-state index contributed by atoms with van der Waals surface area (Å²) in [5, 5.41) is 13.1. The number of urea groups is 1. The minimum atomic E-state index is -0.902. The number of ether oxygens (including phenoxy) is 12. The fraction of sp³-hybridized carbons (Fsp3) is 0.623. The van der Waals surface area contributed by atoms with Gasteiger partial charge in [-0.05, 0) is 37.1 Å². The summed E-state index contributed by atoms with van der Waals surface area (Å²) in [6.45, 7) is 11.8. The van der Waals surface area contributed by atoms with Gasteiger partial charge < -0.3 is 71.9 Å². The van der Waals surface area contributed by atoms with Crippen LogP contribution in [0.1, 0.15) is 32.1 Å². The maximum Gasteiger partial charge on any atom is 0.335 e. The zero-order chi connectivity index (χ0) is 55.9. The van der Waals surface area contributed by atoms with Gasteiger partial charge in [0, 0.05) is 31.5 Å². The molecule has 0 bridgehead atoms. The van der Waals surface area contributed by atoms with E-state index in [1.807, 2.05) is 36.5 Å². The molecule has 27 heteroatoms. The van der Waals surface area contributed by atoms with Crippen LogP contribution >= 0.6 is 11.3 Å². The monoisotopic (exact) mass is 1140 g/mol. The molecule has 4 aromatic rings. The van der Waals surface area contributed by atoms with E-state index in [0.717, 1.165) is 26.6 Å². The molecule has 1 N–H and O–H groups in total. The number of thiazole rings is 1. The second-order valence-corrected chi connectivity index (χ2v) is 19.2. The van der Waals surface area contributed by atoms with Crippen LogP contribution in [0.5, 0.6) is 0 Å². The number of benzene rings is 2. The number of fused-ring (bicyclic) bond motifs is 1. The summed E-state index contributed by atoms with van der Waals surface area (Å²) in [4.78, 5) is 74.0. The van der Waals surface area contributed by atoms with E-state index in [4.69, 9.17) is 66.7 Å². The molecule has 26 nitrogen and oxygen atoms in total. The van der Waals surface area contributed by atoms with Crippen molar-refractivity contribution in [3.8, 4) is 11.3 Å². The highest BCUT2D eigenvalue weighted by Crippen LogP contribution is 2.37. The van der Waals surface area contributed by atoms with E-state index in [1.54, 1.807) is 28.2 Å². The molecule has 5 heterocycles. The lowest BCUT2D eigenvalue weighted by Crippen LogP contribution is -2.55. The lowest BCUT2D eigenvalue weighted by atomic mass is 9.87. The molecule has 3 aliphatic rings. The van der Waals surface area contributed by atoms with E-state index in [-0.39, 0.29) is 44.4 Å². The van der Waals surface area contributed by atoms with Crippen LogP contribution < -0.4 is 15.1 Å². The molecule has 0 unspecified atom stereocenters. The summed E-state index contributed by atoms with van der Waals surface area (Å²) in [5.74, 6) is -1.94. The number of rotatable bonds is 43. The molecule has 440 valence electrons. The highest BCUT2D eigenvalue weighted by molar-refractivity contribution is 7.22. The lowest BCUT2D eigenvalue weighted by Gasteiger charge is -2.37. The number of hydroxylamine groups is 2. The van der Waals surface area contributed by atoms with Crippen LogP contribution in [0.4, 0.5) is 15.6 Å². The normalized spacial score (nSPS) is 15.4. The van der Waals surface area contributed by atoms with Gasteiger partial charge in [0.1, 0.15) is 11.2 Å². The first-order valence-corrected chi connectivity index (χ1v) is 27.9. The third-order valence-electron chi connectivity index (χ3n) is 12.5. The Bertz CT molecular complexity index is 2460. The number of carbonyl (C=O) groups is 5. The first-order chi connectivity index (χ1) is 39.3. The van der Waals surface area contributed by atoms with E-state index in [1.165, 1.54) is 4.90 Å². The number of hydrogen-bond donors (Lipinski definition) is 1. The van der Waals surface area contributed by atoms with Gasteiger partial charge in [0.05, 0.1) is 194 Å². The number of para-hydroxylation sites is 1. The quantitative estimate of drug-likeness (QED) is 0.0379. The van der Waals surface area contributed by atoms with Crippen LogP contribution in [-0.4, -0.2) is 232 Å². The van der Waals surface area contributed by atoms with Crippen molar-refractivity contribution >= 4 is 62.1 Å². The van der Waals surface area contributed by atoms with Gasteiger partial charge in [-0.2, -0.15) is 0 Å². The predicted octanol–water partition coefficient (Wildman–Crippen LogP) is 2.85. The Labute approximate surface area is 468 Å². The van der Waals surface area contributed by atoms with Crippen LogP contribution in [0.15, 0.2) is 54.7 Å². The lowest BCUT2D eigenvalue weighted by molar-refractivity contribution is -0.198. The van der Waals surface area contributed by atoms with Crippen LogP contribution in [0.25, 0.3) is 21.5 Å². The molecular formula is C53H74N8O18S. The van der Waals surface area contributed by atoms with Gasteiger partial charge in [0.2, 0.25) is 0 Å². The first kappa shape index (κ1) is 61.9. The molecule has 2 aromatic heterocycles. The topological polar surface area (TPSA) is 271 Å². The smallest absolute Gasteiger partial charge is 0.335 e. The number of nitrogens with one attached hydrogen (secondary N) is 1. The van der Waals surface area contributed by atoms with Crippen LogP contribution in [-0.2, 0) is 87.4 Å². The van der Waals surface area contributed by atoms with Crippen molar-refractivity contribution in [3.05, 3.63) is 54.7 Å². The number of hydrogen-bond acceptors (Lipinski definition) is 23. The van der Waals surface area contributed by atoms with Crippen molar-refractivity contribution in [2.24, 2.45) is 0 Å². The van der Waals surface area contributed by atoms with Crippen LogP contribution in [0.2, 0.25) is 0 Å². The van der Waals surface area contributed by atoms with E-state index in [2.05, 4.69) is 26.6 Å². The fourth-order valence-corrected chi connectivity index (χ4v) is 9.29. The molecule has 1 spiro atoms. The van der Waals surface area contributed by atoms with Gasteiger partial charge in [0.25, 0.3) is 17.7 Å². The van der Waals surface area contributed by atoms with Gasteiger partial charge >= 0.3 is 12.0 Å². The minimum Gasteiger partial charge on any atom is -0.378 e. The molecule has 3 aliphatic heterocycles. The third-order valence-corrected chi connectivity index (χ3v) is 13.6. The number of anilines is 2. The third kappa shape index (κ3) is 20.7. The van der Waals surface area contributed by atoms with Crippen molar-refractivity contribution in [1.82, 2.24) is 30.4 Å². The summed E-state index contributed by atoms with van der Waals surface area (Å²) in [6.07, 6.45) is 2.92. The van der Waals surface area contributed by atoms with Gasteiger partial charge in [-0.25, -0.2) is 24.2 Å².